The molecule has 0 aromatic heterocycles. The van der Waals surface area contributed by atoms with Gasteiger partial charge in [0.25, 0.3) is 5.69 Å². The number of hydrogen-bond acceptors (Lipinski definition) is 4. The molecule has 1 amide bonds. The van der Waals surface area contributed by atoms with Gasteiger partial charge >= 0.3 is 0 Å². The maximum atomic E-state index is 11.8. The van der Waals surface area contributed by atoms with Crippen molar-refractivity contribution in [3.63, 3.8) is 0 Å². The first-order valence-corrected chi connectivity index (χ1v) is 7.71. The number of nitrogens with zero attached hydrogens (tertiary/aromatic N) is 2. The van der Waals surface area contributed by atoms with Gasteiger partial charge in [-0.25, -0.2) is 5.43 Å². The molecule has 2 aromatic rings. The summed E-state index contributed by atoms with van der Waals surface area (Å²) in [5.74, 6) is -0.265. The largest absolute Gasteiger partial charge is 0.288 e. The molecule has 0 fully saturated rings. The molecule has 0 atom stereocenters. The van der Waals surface area contributed by atoms with Gasteiger partial charge in [-0.1, -0.05) is 48.9 Å². The van der Waals surface area contributed by atoms with Crippen LogP contribution < -0.4 is 5.43 Å². The van der Waals surface area contributed by atoms with Gasteiger partial charge in [0.05, 0.1) is 17.6 Å². The quantitative estimate of drug-likeness (QED) is 0.494. The lowest BCUT2D eigenvalue weighted by molar-refractivity contribution is -0.384. The van der Waals surface area contributed by atoms with Crippen LogP contribution in [0.2, 0.25) is 5.02 Å². The number of carbonyl (C=O) groups is 1. The normalized spacial score (nSPS) is 10.8. The first-order chi connectivity index (χ1) is 11.5. The van der Waals surface area contributed by atoms with Crippen LogP contribution in [0.5, 0.6) is 0 Å². The van der Waals surface area contributed by atoms with Crippen LogP contribution in [-0.2, 0) is 17.6 Å². The zero-order valence-corrected chi connectivity index (χ0v) is 13.8. The van der Waals surface area contributed by atoms with Crippen molar-refractivity contribution in [2.24, 2.45) is 5.10 Å². The predicted octanol–water partition coefficient (Wildman–Crippen LogP) is 3.50. The molecule has 0 radical (unpaired) electrons. The van der Waals surface area contributed by atoms with E-state index in [9.17, 15) is 14.9 Å². The van der Waals surface area contributed by atoms with Crippen LogP contribution in [0.15, 0.2) is 47.6 Å². The third kappa shape index (κ3) is 4.89. The molecular formula is C17H16ClN3O3. The Morgan fingerprint density at radius 3 is 2.54 bits per heavy atom. The van der Waals surface area contributed by atoms with Crippen molar-refractivity contribution >= 4 is 29.4 Å². The van der Waals surface area contributed by atoms with Crippen molar-refractivity contribution in [3.8, 4) is 0 Å². The smallest absolute Gasteiger partial charge is 0.273 e. The van der Waals surface area contributed by atoms with Crippen molar-refractivity contribution in [2.75, 3.05) is 0 Å². The summed E-state index contributed by atoms with van der Waals surface area (Å²) in [7, 11) is 0. The van der Waals surface area contributed by atoms with Crippen LogP contribution >= 0.6 is 11.6 Å². The Labute approximate surface area is 144 Å². The molecule has 0 saturated carbocycles. The Hall–Kier alpha value is -2.73. The molecule has 0 aliphatic carbocycles. The van der Waals surface area contributed by atoms with E-state index in [4.69, 9.17) is 11.6 Å². The van der Waals surface area contributed by atoms with Crippen molar-refractivity contribution in [2.45, 2.75) is 19.8 Å². The topological polar surface area (TPSA) is 84.6 Å². The summed E-state index contributed by atoms with van der Waals surface area (Å²) in [6, 6.07) is 12.1. The number of amides is 1. The molecule has 2 rings (SSSR count). The van der Waals surface area contributed by atoms with E-state index < -0.39 is 4.92 Å². The summed E-state index contributed by atoms with van der Waals surface area (Å²) >= 11 is 5.73. The van der Waals surface area contributed by atoms with Crippen molar-refractivity contribution < 1.29 is 9.72 Å². The van der Waals surface area contributed by atoms with Gasteiger partial charge in [0.2, 0.25) is 5.91 Å². The number of halogens is 1. The van der Waals surface area contributed by atoms with Crippen molar-refractivity contribution in [3.05, 3.63) is 74.3 Å². The van der Waals surface area contributed by atoms with Gasteiger partial charge in [-0.2, -0.15) is 5.10 Å². The third-order valence-electron chi connectivity index (χ3n) is 3.37. The molecule has 0 saturated heterocycles. The number of hydrazone groups is 1. The summed E-state index contributed by atoms with van der Waals surface area (Å²) in [5.41, 5.74) is 4.77. The van der Waals surface area contributed by atoms with Crippen LogP contribution in [0.4, 0.5) is 5.69 Å². The second-order valence-electron chi connectivity index (χ2n) is 5.11. The number of rotatable bonds is 6. The lowest BCUT2D eigenvalue weighted by Gasteiger charge is -2.02. The van der Waals surface area contributed by atoms with Gasteiger partial charge in [0.1, 0.15) is 5.02 Å². The summed E-state index contributed by atoms with van der Waals surface area (Å²) < 4.78 is 0. The molecule has 0 bridgehead atoms. The van der Waals surface area contributed by atoms with Gasteiger partial charge in [-0.3, -0.25) is 14.9 Å². The molecule has 0 aliphatic heterocycles. The highest BCUT2D eigenvalue weighted by Gasteiger charge is 2.11. The van der Waals surface area contributed by atoms with E-state index in [1.165, 1.54) is 23.9 Å². The fourth-order valence-electron chi connectivity index (χ4n) is 2.05. The van der Waals surface area contributed by atoms with E-state index in [1.807, 2.05) is 24.3 Å². The Kier molecular flexibility index (Phi) is 6.03. The predicted molar refractivity (Wildman–Crippen MR) is 93.4 cm³/mol. The number of nitro groups is 1. The van der Waals surface area contributed by atoms with Crippen molar-refractivity contribution in [1.29, 1.82) is 0 Å². The molecule has 6 nitrogen and oxygen atoms in total. The molecule has 24 heavy (non-hydrogen) atoms. The second-order valence-corrected chi connectivity index (χ2v) is 5.52. The highest BCUT2D eigenvalue weighted by atomic mass is 35.5. The van der Waals surface area contributed by atoms with E-state index in [0.29, 0.717) is 5.56 Å². The molecule has 124 valence electrons. The molecule has 0 aliphatic rings. The molecule has 0 spiro atoms. The lowest BCUT2D eigenvalue weighted by Crippen LogP contribution is -2.19. The van der Waals surface area contributed by atoms with E-state index in [-0.39, 0.29) is 23.0 Å². The number of aryl methyl sites for hydroxylation is 1. The fraction of sp³-hybridized carbons (Fsp3) is 0.176. The average molecular weight is 346 g/mol. The molecule has 0 unspecified atom stereocenters. The molecule has 2 aromatic carbocycles. The number of nitrogens with one attached hydrogen (secondary N) is 1. The summed E-state index contributed by atoms with van der Waals surface area (Å²) in [5, 5.41) is 14.7. The SMILES string of the molecule is CCc1ccc(CC(=O)N/N=C/c2ccc(Cl)c([N+](=O)[O-])c2)cc1. The summed E-state index contributed by atoms with van der Waals surface area (Å²) in [6.45, 7) is 2.07. The molecule has 7 heteroatoms. The number of hydrogen-bond donors (Lipinski definition) is 1. The number of nitro benzene ring substituents is 1. The number of carbonyl (C=O) groups excluding carboxylic acids is 1. The minimum absolute atomic E-state index is 0.0525. The summed E-state index contributed by atoms with van der Waals surface area (Å²) in [6.07, 6.45) is 2.49. The molecule has 0 heterocycles. The Morgan fingerprint density at radius 1 is 1.25 bits per heavy atom. The summed E-state index contributed by atoms with van der Waals surface area (Å²) in [4.78, 5) is 22.1. The van der Waals surface area contributed by atoms with Crippen LogP contribution in [0.1, 0.15) is 23.6 Å². The van der Waals surface area contributed by atoms with Crippen LogP contribution in [-0.4, -0.2) is 17.0 Å². The van der Waals surface area contributed by atoms with Gasteiger partial charge < -0.3 is 0 Å². The number of benzene rings is 2. The first-order valence-electron chi connectivity index (χ1n) is 7.33. The first kappa shape index (κ1) is 17.6. The zero-order valence-electron chi connectivity index (χ0n) is 13.0. The minimum Gasteiger partial charge on any atom is -0.273 e. The van der Waals surface area contributed by atoms with E-state index >= 15 is 0 Å². The van der Waals surface area contributed by atoms with E-state index in [1.54, 1.807) is 6.07 Å². The maximum absolute atomic E-state index is 11.8. The average Bonchev–Trinajstić information content (AvgIpc) is 2.57. The van der Waals surface area contributed by atoms with E-state index in [0.717, 1.165) is 12.0 Å². The standard InChI is InChI=1S/C17H16ClN3O3/c1-2-12-3-5-13(6-4-12)10-17(22)20-19-11-14-7-8-15(18)16(9-14)21(23)24/h3-9,11H,2,10H2,1H3,(H,20,22)/b19-11+. The van der Waals surface area contributed by atoms with Gasteiger partial charge in [-0.15, -0.1) is 0 Å². The second kappa shape index (κ2) is 8.21. The fourth-order valence-corrected chi connectivity index (χ4v) is 2.23. The highest BCUT2D eigenvalue weighted by molar-refractivity contribution is 6.32. The Bertz CT molecular complexity index is 773. The highest BCUT2D eigenvalue weighted by Crippen LogP contribution is 2.24. The zero-order chi connectivity index (χ0) is 17.5. The van der Waals surface area contributed by atoms with Gasteiger partial charge in [0, 0.05) is 11.6 Å². The Morgan fingerprint density at radius 2 is 1.92 bits per heavy atom. The Balaban J connectivity index is 1.94. The van der Waals surface area contributed by atoms with Crippen LogP contribution in [0.25, 0.3) is 0 Å². The lowest BCUT2D eigenvalue weighted by atomic mass is 10.1. The minimum atomic E-state index is -0.571. The molecule has 1 N–H and O–H groups in total. The van der Waals surface area contributed by atoms with Crippen LogP contribution in [0.3, 0.4) is 0 Å². The van der Waals surface area contributed by atoms with E-state index in [2.05, 4.69) is 17.5 Å². The monoisotopic (exact) mass is 345 g/mol. The molecular weight excluding hydrogens is 330 g/mol. The van der Waals surface area contributed by atoms with Gasteiger partial charge in [-0.05, 0) is 23.6 Å². The van der Waals surface area contributed by atoms with Gasteiger partial charge in [0.15, 0.2) is 0 Å². The maximum Gasteiger partial charge on any atom is 0.288 e. The third-order valence-corrected chi connectivity index (χ3v) is 3.69. The van der Waals surface area contributed by atoms with Crippen LogP contribution in [0, 0.1) is 10.1 Å². The van der Waals surface area contributed by atoms with Crippen molar-refractivity contribution in [1.82, 2.24) is 5.43 Å².